The van der Waals surface area contributed by atoms with Gasteiger partial charge >= 0.3 is 5.97 Å². The van der Waals surface area contributed by atoms with Gasteiger partial charge < -0.3 is 10.4 Å². The van der Waals surface area contributed by atoms with E-state index in [0.29, 0.717) is 12.1 Å². The summed E-state index contributed by atoms with van der Waals surface area (Å²) in [6.45, 7) is 3.73. The lowest BCUT2D eigenvalue weighted by atomic mass is 9.99. The molecule has 1 heterocycles. The van der Waals surface area contributed by atoms with Crippen LogP contribution in [0.25, 0.3) is 0 Å². The fourth-order valence-corrected chi connectivity index (χ4v) is 3.18. The first-order valence-corrected chi connectivity index (χ1v) is 8.87. The van der Waals surface area contributed by atoms with E-state index in [1.54, 1.807) is 0 Å². The summed E-state index contributed by atoms with van der Waals surface area (Å²) < 4.78 is 0. The lowest BCUT2D eigenvalue weighted by Gasteiger charge is -2.19. The zero-order valence-electron chi connectivity index (χ0n) is 13.9. The molecule has 0 aliphatic heterocycles. The number of nitrogens with zero attached hydrogens (tertiary/aromatic N) is 1. The summed E-state index contributed by atoms with van der Waals surface area (Å²) in [6.07, 6.45) is 1.53. The van der Waals surface area contributed by atoms with Crippen molar-refractivity contribution in [2.24, 2.45) is 5.92 Å². The molecule has 0 aliphatic carbocycles. The van der Waals surface area contributed by atoms with Crippen LogP contribution >= 0.6 is 11.3 Å². The van der Waals surface area contributed by atoms with Crippen LogP contribution in [0.3, 0.4) is 0 Å². The number of hydrogen-bond donors (Lipinski definition) is 2. The molecule has 0 saturated carbocycles. The monoisotopic (exact) mass is 346 g/mol. The number of amides is 1. The highest BCUT2D eigenvalue weighted by atomic mass is 32.1. The minimum atomic E-state index is -0.999. The van der Waals surface area contributed by atoms with Gasteiger partial charge in [-0.25, -0.2) is 9.78 Å². The van der Waals surface area contributed by atoms with E-state index >= 15 is 0 Å². The maximum Gasteiger partial charge on any atom is 0.326 e. The van der Waals surface area contributed by atoms with Crippen LogP contribution in [0.2, 0.25) is 0 Å². The summed E-state index contributed by atoms with van der Waals surface area (Å²) in [5, 5.41) is 14.6. The third kappa shape index (κ3) is 5.16. The van der Waals surface area contributed by atoms with Crippen LogP contribution in [0.1, 0.15) is 36.5 Å². The van der Waals surface area contributed by atoms with Gasteiger partial charge in [0.05, 0.1) is 17.1 Å². The molecule has 6 heteroatoms. The van der Waals surface area contributed by atoms with Crippen LogP contribution in [0.5, 0.6) is 0 Å². The number of aliphatic carboxylic acids is 1. The number of hydrogen-bond acceptors (Lipinski definition) is 4. The number of nitrogens with one attached hydrogen (secondary N) is 1. The van der Waals surface area contributed by atoms with Gasteiger partial charge in [-0.1, -0.05) is 50.6 Å². The first-order valence-electron chi connectivity index (χ1n) is 7.99. The second kappa shape index (κ2) is 8.59. The summed E-state index contributed by atoms with van der Waals surface area (Å²) in [7, 11) is 0. The van der Waals surface area contributed by atoms with Crippen LogP contribution in [0.15, 0.2) is 35.7 Å². The molecule has 5 nitrogen and oxygen atoms in total. The molecule has 0 saturated heterocycles. The Balaban J connectivity index is 1.93. The summed E-state index contributed by atoms with van der Waals surface area (Å²) in [4.78, 5) is 27.8. The van der Waals surface area contributed by atoms with Gasteiger partial charge in [-0.2, -0.15) is 0 Å². The molecule has 128 valence electrons. The summed E-state index contributed by atoms with van der Waals surface area (Å²) >= 11 is 1.51. The van der Waals surface area contributed by atoms with E-state index in [1.165, 1.54) is 16.9 Å². The molecule has 2 N–H and O–H groups in total. The van der Waals surface area contributed by atoms with Gasteiger partial charge in [0.1, 0.15) is 6.04 Å². The summed E-state index contributed by atoms with van der Waals surface area (Å²) in [5.41, 5.74) is 1.85. The topological polar surface area (TPSA) is 79.3 Å². The second-order valence-corrected chi connectivity index (χ2v) is 6.78. The summed E-state index contributed by atoms with van der Waals surface area (Å²) in [5.74, 6) is -1.42. The predicted octanol–water partition coefficient (Wildman–Crippen LogP) is 2.89. The zero-order chi connectivity index (χ0) is 17.5. The molecule has 0 fully saturated rings. The zero-order valence-corrected chi connectivity index (χ0v) is 14.7. The van der Waals surface area contributed by atoms with Crippen molar-refractivity contribution in [2.75, 3.05) is 0 Å². The van der Waals surface area contributed by atoms with Crippen molar-refractivity contribution >= 4 is 23.2 Å². The lowest BCUT2D eigenvalue weighted by Crippen LogP contribution is -2.45. The highest BCUT2D eigenvalue weighted by Crippen LogP contribution is 2.15. The number of carboxylic acid groups (broad SMARTS) is 1. The van der Waals surface area contributed by atoms with Crippen molar-refractivity contribution in [3.8, 4) is 0 Å². The van der Waals surface area contributed by atoms with Crippen LogP contribution < -0.4 is 5.32 Å². The minimum absolute atomic E-state index is 0.103. The summed E-state index contributed by atoms with van der Waals surface area (Å²) in [6, 6.07) is 9.16. The lowest BCUT2D eigenvalue weighted by molar-refractivity contribution is -0.143. The van der Waals surface area contributed by atoms with E-state index in [9.17, 15) is 14.7 Å². The number of rotatable bonds is 8. The number of carbonyl (C=O) groups is 2. The van der Waals surface area contributed by atoms with Crippen LogP contribution in [-0.4, -0.2) is 28.0 Å². The fourth-order valence-electron chi connectivity index (χ4n) is 2.35. The molecular weight excluding hydrogens is 324 g/mol. The molecule has 2 aromatic rings. The highest BCUT2D eigenvalue weighted by molar-refractivity contribution is 7.09. The first kappa shape index (κ1) is 18.1. The van der Waals surface area contributed by atoms with Crippen LogP contribution in [0.4, 0.5) is 0 Å². The van der Waals surface area contributed by atoms with Gasteiger partial charge in [0, 0.05) is 11.8 Å². The van der Waals surface area contributed by atoms with Gasteiger partial charge in [0.15, 0.2) is 0 Å². The smallest absolute Gasteiger partial charge is 0.326 e. The van der Waals surface area contributed by atoms with E-state index in [2.05, 4.69) is 10.3 Å². The molecular formula is C18H22N2O3S. The Hall–Kier alpha value is -2.21. The number of benzene rings is 1. The van der Waals surface area contributed by atoms with Gasteiger partial charge in [-0.15, -0.1) is 11.3 Å². The molecule has 0 spiro atoms. The first-order chi connectivity index (χ1) is 11.5. The Morgan fingerprint density at radius 2 is 2.00 bits per heavy atom. The molecule has 0 bridgehead atoms. The Morgan fingerprint density at radius 1 is 1.29 bits per heavy atom. The largest absolute Gasteiger partial charge is 0.480 e. The molecule has 0 aliphatic rings. The van der Waals surface area contributed by atoms with Crippen LogP contribution in [0, 0.1) is 5.92 Å². The van der Waals surface area contributed by atoms with E-state index in [0.717, 1.165) is 11.4 Å². The number of carbonyl (C=O) groups excluding carboxylic acids is 1. The van der Waals surface area contributed by atoms with Crippen molar-refractivity contribution in [3.63, 3.8) is 0 Å². The van der Waals surface area contributed by atoms with E-state index in [4.69, 9.17) is 0 Å². The molecule has 1 amide bonds. The van der Waals surface area contributed by atoms with Gasteiger partial charge in [0.2, 0.25) is 5.91 Å². The predicted molar refractivity (Wildman–Crippen MR) is 94.1 cm³/mol. The highest BCUT2D eigenvalue weighted by Gasteiger charge is 2.25. The number of aromatic nitrogens is 1. The third-order valence-electron chi connectivity index (χ3n) is 3.93. The number of thiazole rings is 1. The molecule has 0 unspecified atom stereocenters. The molecule has 1 aromatic carbocycles. The van der Waals surface area contributed by atoms with Gasteiger partial charge in [0.25, 0.3) is 0 Å². The molecule has 1 aromatic heterocycles. The van der Waals surface area contributed by atoms with Crippen molar-refractivity contribution in [2.45, 2.75) is 39.2 Å². The molecule has 0 radical (unpaired) electrons. The second-order valence-electron chi connectivity index (χ2n) is 5.84. The molecule has 2 atom stereocenters. The fraction of sp³-hybridized carbons (Fsp3) is 0.389. The average molecular weight is 346 g/mol. The van der Waals surface area contributed by atoms with E-state index in [-0.39, 0.29) is 18.2 Å². The van der Waals surface area contributed by atoms with Crippen molar-refractivity contribution in [1.82, 2.24) is 10.3 Å². The number of carboxylic acids is 1. The Labute approximate surface area is 145 Å². The van der Waals surface area contributed by atoms with E-state index < -0.39 is 12.0 Å². The van der Waals surface area contributed by atoms with Gasteiger partial charge in [-0.3, -0.25) is 4.79 Å². The quantitative estimate of drug-likeness (QED) is 0.770. The average Bonchev–Trinajstić information content (AvgIpc) is 2.99. The Kier molecular flexibility index (Phi) is 6.49. The molecule has 2 rings (SSSR count). The van der Waals surface area contributed by atoms with Crippen molar-refractivity contribution in [1.29, 1.82) is 0 Å². The Morgan fingerprint density at radius 3 is 2.62 bits per heavy atom. The standard InChI is InChI=1S/C18H22N2O3S/c1-3-12(2)17(18(22)23)20-15(21)10-14-11-24-16(19-14)9-13-7-5-4-6-8-13/h4-8,11-12,17H,3,9-10H2,1-2H3,(H,20,21)(H,22,23)/t12-,17-/m0/s1. The van der Waals surface area contributed by atoms with E-state index in [1.807, 2.05) is 49.6 Å². The van der Waals surface area contributed by atoms with Crippen molar-refractivity contribution in [3.05, 3.63) is 52.0 Å². The Bertz CT molecular complexity index is 685. The molecule has 24 heavy (non-hydrogen) atoms. The van der Waals surface area contributed by atoms with Gasteiger partial charge in [-0.05, 0) is 11.5 Å². The normalized spacial score (nSPS) is 13.2. The van der Waals surface area contributed by atoms with Crippen LogP contribution in [-0.2, 0) is 22.4 Å². The van der Waals surface area contributed by atoms with Crippen molar-refractivity contribution < 1.29 is 14.7 Å². The minimum Gasteiger partial charge on any atom is -0.480 e. The maximum absolute atomic E-state index is 12.1. The maximum atomic E-state index is 12.1. The third-order valence-corrected chi connectivity index (χ3v) is 4.83. The SMILES string of the molecule is CC[C@H](C)[C@H](NC(=O)Cc1csc(Cc2ccccc2)n1)C(=O)O.